The molecule has 0 aliphatic carbocycles. The van der Waals surface area contributed by atoms with Gasteiger partial charge in [-0.15, -0.1) is 0 Å². The fourth-order valence-corrected chi connectivity index (χ4v) is 2.88. The van der Waals surface area contributed by atoms with Crippen molar-refractivity contribution in [3.63, 3.8) is 0 Å². The lowest BCUT2D eigenvalue weighted by atomic mass is 10.2. The average Bonchev–Trinajstić information content (AvgIpc) is 2.48. The van der Waals surface area contributed by atoms with E-state index in [0.29, 0.717) is 4.47 Å². The van der Waals surface area contributed by atoms with Gasteiger partial charge < -0.3 is 10.1 Å². The van der Waals surface area contributed by atoms with E-state index in [0.717, 1.165) is 6.07 Å². The third-order valence-corrected chi connectivity index (χ3v) is 4.34. The normalized spacial score (nSPS) is 11.1. The molecule has 0 heterocycles. The summed E-state index contributed by atoms with van der Waals surface area (Å²) in [4.78, 5) is 11.8. The van der Waals surface area contributed by atoms with Crippen LogP contribution in [0.5, 0.6) is 5.75 Å². The van der Waals surface area contributed by atoms with E-state index < -0.39 is 21.7 Å². The fourth-order valence-electron chi connectivity index (χ4n) is 1.83. The lowest BCUT2D eigenvalue weighted by Gasteiger charge is -2.10. The molecule has 9 heteroatoms. The fraction of sp³-hybridized carbons (Fsp3) is 0.0714. The number of methoxy groups -OCH3 is 1. The van der Waals surface area contributed by atoms with E-state index >= 15 is 0 Å². The molecule has 2 aromatic rings. The second-order valence-electron chi connectivity index (χ2n) is 4.49. The number of benzene rings is 2. The first-order valence-electron chi connectivity index (χ1n) is 6.19. The molecule has 0 radical (unpaired) electrons. The molecule has 0 aliphatic heterocycles. The van der Waals surface area contributed by atoms with Gasteiger partial charge in [0.15, 0.2) is 0 Å². The maximum absolute atomic E-state index is 13.7. The van der Waals surface area contributed by atoms with Crippen molar-refractivity contribution in [2.24, 2.45) is 5.14 Å². The molecule has 0 aliphatic rings. The number of carbonyl (C=O) groups is 1. The summed E-state index contributed by atoms with van der Waals surface area (Å²) in [5, 5.41) is 7.45. The molecule has 3 N–H and O–H groups in total. The first kappa shape index (κ1) is 17.4. The van der Waals surface area contributed by atoms with Gasteiger partial charge >= 0.3 is 0 Å². The van der Waals surface area contributed by atoms with Gasteiger partial charge in [-0.25, -0.2) is 17.9 Å². The number of rotatable bonds is 4. The molecule has 0 saturated carbocycles. The Morgan fingerprint density at radius 2 is 1.96 bits per heavy atom. The SMILES string of the molecule is COc1ccc(C(=O)Nc2ccc(Br)cc2F)cc1S(N)(=O)=O. The van der Waals surface area contributed by atoms with Gasteiger partial charge in [0.25, 0.3) is 5.91 Å². The van der Waals surface area contributed by atoms with Crippen LogP contribution >= 0.6 is 15.9 Å². The number of ether oxygens (including phenoxy) is 1. The van der Waals surface area contributed by atoms with E-state index in [9.17, 15) is 17.6 Å². The Balaban J connectivity index is 2.36. The number of nitrogens with one attached hydrogen (secondary N) is 1. The summed E-state index contributed by atoms with van der Waals surface area (Å²) in [6.07, 6.45) is 0. The van der Waals surface area contributed by atoms with E-state index in [1.165, 1.54) is 31.4 Å². The number of halogens is 2. The molecule has 0 spiro atoms. The summed E-state index contributed by atoms with van der Waals surface area (Å²) in [7, 11) is -2.79. The van der Waals surface area contributed by atoms with Crippen LogP contribution in [-0.4, -0.2) is 21.4 Å². The predicted molar refractivity (Wildman–Crippen MR) is 86.4 cm³/mol. The predicted octanol–water partition coefficient (Wildman–Crippen LogP) is 2.50. The monoisotopic (exact) mass is 402 g/mol. The summed E-state index contributed by atoms with van der Waals surface area (Å²) >= 11 is 3.11. The molecule has 0 aromatic heterocycles. The Morgan fingerprint density at radius 1 is 1.26 bits per heavy atom. The van der Waals surface area contributed by atoms with Crippen molar-refractivity contribution in [2.75, 3.05) is 12.4 Å². The molecule has 0 saturated heterocycles. The van der Waals surface area contributed by atoms with E-state index in [4.69, 9.17) is 9.88 Å². The van der Waals surface area contributed by atoms with Crippen molar-refractivity contribution in [1.29, 1.82) is 0 Å². The first-order chi connectivity index (χ1) is 10.7. The molecule has 1 amide bonds. The second kappa shape index (κ2) is 6.65. The van der Waals surface area contributed by atoms with Crippen LogP contribution in [0.1, 0.15) is 10.4 Å². The lowest BCUT2D eigenvalue weighted by molar-refractivity contribution is 0.102. The standard InChI is InChI=1S/C14H12BrFN2O4S/c1-22-12-5-2-8(6-13(12)23(17,20)21)14(19)18-11-4-3-9(15)7-10(11)16/h2-7H,1H3,(H,18,19)(H2,17,20,21). The number of sulfonamides is 1. The molecule has 23 heavy (non-hydrogen) atoms. The van der Waals surface area contributed by atoms with Gasteiger partial charge in [-0.05, 0) is 36.4 Å². The average molecular weight is 403 g/mol. The van der Waals surface area contributed by atoms with Gasteiger partial charge in [0, 0.05) is 10.0 Å². The number of hydrogen-bond donors (Lipinski definition) is 2. The molecule has 2 aromatic carbocycles. The first-order valence-corrected chi connectivity index (χ1v) is 8.53. The zero-order valence-corrected chi connectivity index (χ0v) is 14.2. The van der Waals surface area contributed by atoms with Gasteiger partial charge in [0.2, 0.25) is 10.0 Å². The zero-order valence-electron chi connectivity index (χ0n) is 11.8. The van der Waals surface area contributed by atoms with E-state index in [1.807, 2.05) is 0 Å². The number of carbonyl (C=O) groups excluding carboxylic acids is 1. The van der Waals surface area contributed by atoms with Gasteiger partial charge in [0.05, 0.1) is 12.8 Å². The minimum absolute atomic E-state index is 0.00264. The number of hydrogen-bond acceptors (Lipinski definition) is 4. The number of anilines is 1. The Labute approximate surface area is 140 Å². The highest BCUT2D eigenvalue weighted by atomic mass is 79.9. The molecular weight excluding hydrogens is 391 g/mol. The molecule has 0 bridgehead atoms. The highest BCUT2D eigenvalue weighted by molar-refractivity contribution is 9.10. The summed E-state index contributed by atoms with van der Waals surface area (Å²) in [6.45, 7) is 0. The van der Waals surface area contributed by atoms with Crippen LogP contribution in [-0.2, 0) is 10.0 Å². The lowest BCUT2D eigenvalue weighted by Crippen LogP contribution is -2.17. The molecule has 0 fully saturated rings. The van der Waals surface area contributed by atoms with Crippen LogP contribution < -0.4 is 15.2 Å². The van der Waals surface area contributed by atoms with E-state index in [-0.39, 0.29) is 21.9 Å². The quantitative estimate of drug-likeness (QED) is 0.820. The molecule has 122 valence electrons. The second-order valence-corrected chi connectivity index (χ2v) is 6.93. The summed E-state index contributed by atoms with van der Waals surface area (Å²) in [6, 6.07) is 7.84. The van der Waals surface area contributed by atoms with Gasteiger partial charge in [-0.1, -0.05) is 15.9 Å². The van der Waals surface area contributed by atoms with E-state index in [1.54, 1.807) is 6.07 Å². The van der Waals surface area contributed by atoms with Crippen molar-refractivity contribution in [3.05, 3.63) is 52.3 Å². The number of nitrogens with two attached hydrogens (primary N) is 1. The number of amides is 1. The minimum atomic E-state index is -4.07. The largest absolute Gasteiger partial charge is 0.495 e. The van der Waals surface area contributed by atoms with Crippen molar-refractivity contribution in [3.8, 4) is 5.75 Å². The highest BCUT2D eigenvalue weighted by Gasteiger charge is 2.18. The van der Waals surface area contributed by atoms with Gasteiger partial charge in [-0.2, -0.15) is 0 Å². The van der Waals surface area contributed by atoms with E-state index in [2.05, 4.69) is 21.2 Å². The molecule has 0 atom stereocenters. The van der Waals surface area contributed by atoms with Crippen molar-refractivity contribution < 1.29 is 22.3 Å². The molecular formula is C14H12BrFN2O4S. The van der Waals surface area contributed by atoms with Crippen LogP contribution in [0, 0.1) is 5.82 Å². The van der Waals surface area contributed by atoms with Gasteiger partial charge in [0.1, 0.15) is 16.5 Å². The molecule has 2 rings (SSSR count). The Morgan fingerprint density at radius 3 is 2.52 bits per heavy atom. The smallest absolute Gasteiger partial charge is 0.255 e. The maximum Gasteiger partial charge on any atom is 0.255 e. The minimum Gasteiger partial charge on any atom is -0.495 e. The molecule has 0 unspecified atom stereocenters. The Bertz CT molecular complexity index is 871. The summed E-state index contributed by atoms with van der Waals surface area (Å²) < 4.78 is 42.2. The van der Waals surface area contributed by atoms with Crippen LogP contribution in [0.15, 0.2) is 45.8 Å². The Kier molecular flexibility index (Phi) is 5.03. The van der Waals surface area contributed by atoms with Crippen molar-refractivity contribution in [2.45, 2.75) is 4.90 Å². The summed E-state index contributed by atoms with van der Waals surface area (Å²) in [5.41, 5.74) is -0.0386. The topological polar surface area (TPSA) is 98.5 Å². The number of primary sulfonamides is 1. The maximum atomic E-state index is 13.7. The van der Waals surface area contributed by atoms with Crippen molar-refractivity contribution in [1.82, 2.24) is 0 Å². The third kappa shape index (κ3) is 4.06. The van der Waals surface area contributed by atoms with Crippen LogP contribution in [0.3, 0.4) is 0 Å². The van der Waals surface area contributed by atoms with Crippen LogP contribution in [0.25, 0.3) is 0 Å². The van der Waals surface area contributed by atoms with Crippen molar-refractivity contribution >= 4 is 37.5 Å². The zero-order chi connectivity index (χ0) is 17.2. The molecule has 6 nitrogen and oxygen atoms in total. The summed E-state index contributed by atoms with van der Waals surface area (Å²) in [5.74, 6) is -1.30. The Hall–Kier alpha value is -1.97. The third-order valence-electron chi connectivity index (χ3n) is 2.91. The van der Waals surface area contributed by atoms with Gasteiger partial charge in [-0.3, -0.25) is 4.79 Å². The van der Waals surface area contributed by atoms with Crippen LogP contribution in [0.2, 0.25) is 0 Å². The van der Waals surface area contributed by atoms with Crippen LogP contribution in [0.4, 0.5) is 10.1 Å². The highest BCUT2D eigenvalue weighted by Crippen LogP contribution is 2.25.